The molecule has 0 unspecified atom stereocenters. The van der Waals surface area contributed by atoms with Gasteiger partial charge in [-0.25, -0.2) is 4.79 Å². The summed E-state index contributed by atoms with van der Waals surface area (Å²) in [6.07, 6.45) is 0. The summed E-state index contributed by atoms with van der Waals surface area (Å²) in [6, 6.07) is 6.77. The van der Waals surface area contributed by atoms with Crippen molar-refractivity contribution in [2.45, 2.75) is 6.92 Å². The molecule has 0 saturated carbocycles. The average molecular weight is 209 g/mol. The third kappa shape index (κ3) is 2.98. The minimum atomic E-state index is -1.05. The van der Waals surface area contributed by atoms with Gasteiger partial charge in [0, 0.05) is 5.56 Å². The molecule has 1 aromatic rings. The van der Waals surface area contributed by atoms with Crippen LogP contribution in [0.25, 0.3) is 0 Å². The number of oxime groups is 1. The van der Waals surface area contributed by atoms with Crippen molar-refractivity contribution in [2.75, 3.05) is 6.61 Å². The number of hydrogen-bond acceptors (Lipinski definition) is 4. The summed E-state index contributed by atoms with van der Waals surface area (Å²) in [5.74, 6) is -0.668. The fourth-order valence-corrected chi connectivity index (χ4v) is 1.08. The van der Waals surface area contributed by atoms with Crippen LogP contribution in [0.1, 0.15) is 12.5 Å². The number of ether oxygens (including phenoxy) is 1. The van der Waals surface area contributed by atoms with Crippen LogP contribution < -0.4 is 4.74 Å². The number of hydrogen-bond donors (Lipinski definition) is 2. The highest BCUT2D eigenvalue weighted by Gasteiger charge is 2.07. The van der Waals surface area contributed by atoms with Crippen LogP contribution in [0, 0.1) is 0 Å². The largest absolute Gasteiger partial charge is 0.481 e. The Kier molecular flexibility index (Phi) is 3.68. The molecule has 1 aromatic carbocycles. The van der Waals surface area contributed by atoms with E-state index in [1.54, 1.807) is 31.2 Å². The summed E-state index contributed by atoms with van der Waals surface area (Å²) in [4.78, 5) is 10.3. The molecule has 0 radical (unpaired) electrons. The summed E-state index contributed by atoms with van der Waals surface area (Å²) in [5, 5.41) is 20.1. The fourth-order valence-electron chi connectivity index (χ4n) is 1.08. The molecular weight excluding hydrogens is 198 g/mol. The highest BCUT2D eigenvalue weighted by Crippen LogP contribution is 2.18. The molecular formula is C10H11NO4. The predicted molar refractivity (Wildman–Crippen MR) is 53.6 cm³/mol. The Balaban J connectivity index is 2.91. The van der Waals surface area contributed by atoms with Crippen molar-refractivity contribution in [3.05, 3.63) is 29.8 Å². The van der Waals surface area contributed by atoms with E-state index < -0.39 is 12.6 Å². The van der Waals surface area contributed by atoms with Gasteiger partial charge in [0.25, 0.3) is 0 Å². The highest BCUT2D eigenvalue weighted by molar-refractivity contribution is 6.00. The topological polar surface area (TPSA) is 79.1 Å². The molecule has 15 heavy (non-hydrogen) atoms. The molecule has 5 nitrogen and oxygen atoms in total. The highest BCUT2D eigenvalue weighted by atomic mass is 16.5. The monoisotopic (exact) mass is 209 g/mol. The molecule has 0 fully saturated rings. The van der Waals surface area contributed by atoms with E-state index in [0.29, 0.717) is 17.0 Å². The second-order valence-electron chi connectivity index (χ2n) is 2.86. The van der Waals surface area contributed by atoms with Crippen LogP contribution >= 0.6 is 0 Å². The minimum absolute atomic E-state index is 0.371. The number of aliphatic carboxylic acids is 1. The van der Waals surface area contributed by atoms with Gasteiger partial charge in [-0.2, -0.15) is 0 Å². The molecule has 0 bridgehead atoms. The van der Waals surface area contributed by atoms with Gasteiger partial charge in [0.2, 0.25) is 0 Å². The Morgan fingerprint density at radius 1 is 1.47 bits per heavy atom. The lowest BCUT2D eigenvalue weighted by Crippen LogP contribution is -2.11. The van der Waals surface area contributed by atoms with Crippen molar-refractivity contribution in [2.24, 2.45) is 5.16 Å². The fraction of sp³-hybridized carbons (Fsp3) is 0.200. The molecule has 0 atom stereocenters. The van der Waals surface area contributed by atoms with E-state index >= 15 is 0 Å². The molecule has 0 aliphatic carbocycles. The van der Waals surface area contributed by atoms with E-state index in [0.717, 1.165) is 0 Å². The average Bonchev–Trinajstić information content (AvgIpc) is 2.25. The van der Waals surface area contributed by atoms with Crippen molar-refractivity contribution in [3.8, 4) is 5.75 Å². The first-order valence-corrected chi connectivity index (χ1v) is 4.28. The van der Waals surface area contributed by atoms with Crippen LogP contribution in [0.2, 0.25) is 0 Å². The molecule has 5 heteroatoms. The second kappa shape index (κ2) is 4.99. The van der Waals surface area contributed by atoms with Crippen LogP contribution in [-0.2, 0) is 4.79 Å². The number of carbonyl (C=O) groups is 1. The van der Waals surface area contributed by atoms with Crippen molar-refractivity contribution in [3.63, 3.8) is 0 Å². The zero-order valence-electron chi connectivity index (χ0n) is 8.17. The number of carboxylic acids is 1. The number of nitrogens with zero attached hydrogens (tertiary/aromatic N) is 1. The number of para-hydroxylation sites is 1. The maximum Gasteiger partial charge on any atom is 0.341 e. The summed E-state index contributed by atoms with van der Waals surface area (Å²) < 4.78 is 5.03. The first-order chi connectivity index (χ1) is 7.15. The Morgan fingerprint density at radius 3 is 2.73 bits per heavy atom. The molecule has 0 spiro atoms. The van der Waals surface area contributed by atoms with E-state index in [4.69, 9.17) is 15.1 Å². The SMILES string of the molecule is C/C(=N\O)c1ccccc1OCC(=O)O. The number of rotatable bonds is 4. The van der Waals surface area contributed by atoms with E-state index in [2.05, 4.69) is 5.16 Å². The zero-order valence-corrected chi connectivity index (χ0v) is 8.17. The number of benzene rings is 1. The molecule has 2 N–H and O–H groups in total. The quantitative estimate of drug-likeness (QED) is 0.445. The van der Waals surface area contributed by atoms with Crippen molar-refractivity contribution in [1.82, 2.24) is 0 Å². The van der Waals surface area contributed by atoms with Gasteiger partial charge < -0.3 is 15.1 Å². The van der Waals surface area contributed by atoms with E-state index in [-0.39, 0.29) is 0 Å². The molecule has 0 heterocycles. The van der Waals surface area contributed by atoms with E-state index in [9.17, 15) is 4.79 Å². The van der Waals surface area contributed by atoms with Gasteiger partial charge in [0.05, 0.1) is 5.71 Å². The van der Waals surface area contributed by atoms with Gasteiger partial charge in [0.15, 0.2) is 6.61 Å². The second-order valence-corrected chi connectivity index (χ2v) is 2.86. The number of carboxylic acid groups (broad SMARTS) is 1. The summed E-state index contributed by atoms with van der Waals surface area (Å²) in [6.45, 7) is 1.18. The minimum Gasteiger partial charge on any atom is -0.481 e. The van der Waals surface area contributed by atoms with Crippen LogP contribution in [0.4, 0.5) is 0 Å². The lowest BCUT2D eigenvalue weighted by Gasteiger charge is -2.08. The normalized spacial score (nSPS) is 11.1. The first-order valence-electron chi connectivity index (χ1n) is 4.28. The predicted octanol–water partition coefficient (Wildman–Crippen LogP) is 1.35. The standard InChI is InChI=1S/C10H11NO4/c1-7(11-14)8-4-2-3-5-9(8)15-6-10(12)13/h2-5,14H,6H2,1H3,(H,12,13)/b11-7+. The molecule has 0 aromatic heterocycles. The first kappa shape index (κ1) is 11.0. The third-order valence-electron chi connectivity index (χ3n) is 1.78. The summed E-state index contributed by atoms with van der Waals surface area (Å²) in [7, 11) is 0. The van der Waals surface area contributed by atoms with Crippen LogP contribution in [0.5, 0.6) is 5.75 Å². The van der Waals surface area contributed by atoms with Gasteiger partial charge >= 0.3 is 5.97 Å². The van der Waals surface area contributed by atoms with Gasteiger partial charge in [-0.3, -0.25) is 0 Å². The zero-order chi connectivity index (χ0) is 11.3. The van der Waals surface area contributed by atoms with Gasteiger partial charge in [-0.05, 0) is 19.1 Å². The maximum absolute atomic E-state index is 10.3. The van der Waals surface area contributed by atoms with Crippen LogP contribution in [0.15, 0.2) is 29.4 Å². The van der Waals surface area contributed by atoms with Crippen LogP contribution in [0.3, 0.4) is 0 Å². The molecule has 0 aliphatic rings. The van der Waals surface area contributed by atoms with E-state index in [1.165, 1.54) is 0 Å². The Morgan fingerprint density at radius 2 is 2.13 bits per heavy atom. The van der Waals surface area contributed by atoms with Gasteiger partial charge in [-0.1, -0.05) is 17.3 Å². The maximum atomic E-state index is 10.3. The molecule has 0 aliphatic heterocycles. The van der Waals surface area contributed by atoms with Gasteiger partial charge in [0.1, 0.15) is 5.75 Å². The van der Waals surface area contributed by atoms with Gasteiger partial charge in [-0.15, -0.1) is 0 Å². The summed E-state index contributed by atoms with van der Waals surface area (Å²) >= 11 is 0. The molecule has 80 valence electrons. The third-order valence-corrected chi connectivity index (χ3v) is 1.78. The smallest absolute Gasteiger partial charge is 0.341 e. The lowest BCUT2D eigenvalue weighted by molar-refractivity contribution is -0.139. The molecule has 1 rings (SSSR count). The van der Waals surface area contributed by atoms with Crippen molar-refractivity contribution in [1.29, 1.82) is 0 Å². The van der Waals surface area contributed by atoms with Crippen molar-refractivity contribution >= 4 is 11.7 Å². The van der Waals surface area contributed by atoms with Crippen molar-refractivity contribution < 1.29 is 19.8 Å². The Hall–Kier alpha value is -2.04. The lowest BCUT2D eigenvalue weighted by atomic mass is 10.1. The Labute approximate surface area is 86.6 Å². The van der Waals surface area contributed by atoms with Crippen LogP contribution in [-0.4, -0.2) is 28.6 Å². The van der Waals surface area contributed by atoms with E-state index in [1.807, 2.05) is 0 Å². The molecule has 0 saturated heterocycles. The molecule has 0 amide bonds. The summed E-state index contributed by atoms with van der Waals surface area (Å²) in [5.41, 5.74) is 0.942. The Bertz CT molecular complexity index is 387.